The summed E-state index contributed by atoms with van der Waals surface area (Å²) in [6.45, 7) is 1.92. The number of urea groups is 1. The summed E-state index contributed by atoms with van der Waals surface area (Å²) in [6, 6.07) is -1.93. The largest absolute Gasteiger partial charge is 0.480 e. The number of amides is 2. The van der Waals surface area contributed by atoms with Crippen molar-refractivity contribution in [1.29, 1.82) is 0 Å². The SMILES string of the molecule is CCC(CSC)NC(=O)N[C@@H](CC(=O)OC)C(=O)O. The zero-order valence-corrected chi connectivity index (χ0v) is 12.1. The van der Waals surface area contributed by atoms with Crippen molar-refractivity contribution >= 4 is 29.7 Å². The van der Waals surface area contributed by atoms with E-state index in [1.165, 1.54) is 0 Å². The molecule has 0 aliphatic rings. The van der Waals surface area contributed by atoms with E-state index in [2.05, 4.69) is 15.4 Å². The highest BCUT2D eigenvalue weighted by Crippen LogP contribution is 2.01. The average molecular weight is 292 g/mol. The fourth-order valence-electron chi connectivity index (χ4n) is 1.30. The number of carboxylic acids is 1. The maximum absolute atomic E-state index is 11.6. The second kappa shape index (κ2) is 9.48. The molecule has 2 amide bonds. The number of carbonyl (C=O) groups is 3. The second-order valence-corrected chi connectivity index (χ2v) is 4.76. The molecule has 110 valence electrons. The number of thioether (sulfide) groups is 1. The van der Waals surface area contributed by atoms with E-state index in [0.717, 1.165) is 19.3 Å². The molecule has 0 spiro atoms. The van der Waals surface area contributed by atoms with Gasteiger partial charge in [0, 0.05) is 11.8 Å². The van der Waals surface area contributed by atoms with Crippen molar-refractivity contribution in [3.63, 3.8) is 0 Å². The first-order valence-electron chi connectivity index (χ1n) is 5.80. The molecule has 2 atom stereocenters. The predicted molar refractivity (Wildman–Crippen MR) is 72.2 cm³/mol. The summed E-state index contributed by atoms with van der Waals surface area (Å²) >= 11 is 1.58. The fourth-order valence-corrected chi connectivity index (χ4v) is 2.02. The van der Waals surface area contributed by atoms with Crippen molar-refractivity contribution in [2.24, 2.45) is 0 Å². The maximum atomic E-state index is 11.6. The molecule has 0 radical (unpaired) electrons. The molecular weight excluding hydrogens is 272 g/mol. The smallest absolute Gasteiger partial charge is 0.326 e. The number of carbonyl (C=O) groups excluding carboxylic acids is 2. The number of hydrogen-bond donors (Lipinski definition) is 3. The highest BCUT2D eigenvalue weighted by molar-refractivity contribution is 7.98. The highest BCUT2D eigenvalue weighted by Gasteiger charge is 2.24. The minimum Gasteiger partial charge on any atom is -0.480 e. The normalized spacial score (nSPS) is 13.2. The summed E-state index contributed by atoms with van der Waals surface area (Å²) in [5.74, 6) is -1.24. The molecule has 1 unspecified atom stereocenters. The first-order chi connectivity index (χ1) is 8.94. The Bertz CT molecular complexity index is 324. The van der Waals surface area contributed by atoms with E-state index >= 15 is 0 Å². The van der Waals surface area contributed by atoms with E-state index in [1.54, 1.807) is 11.8 Å². The molecule has 0 aromatic heterocycles. The number of esters is 1. The molecule has 0 fully saturated rings. The van der Waals surface area contributed by atoms with Crippen LogP contribution in [0.15, 0.2) is 0 Å². The van der Waals surface area contributed by atoms with Crippen molar-refractivity contribution in [2.45, 2.75) is 31.8 Å². The number of hydrogen-bond acceptors (Lipinski definition) is 5. The minimum atomic E-state index is -1.29. The Morgan fingerprint density at radius 3 is 2.37 bits per heavy atom. The Kier molecular flexibility index (Phi) is 8.77. The molecule has 8 heteroatoms. The second-order valence-electron chi connectivity index (χ2n) is 3.85. The van der Waals surface area contributed by atoms with Crippen LogP contribution in [0.4, 0.5) is 4.79 Å². The lowest BCUT2D eigenvalue weighted by atomic mass is 10.2. The van der Waals surface area contributed by atoms with Gasteiger partial charge in [-0.3, -0.25) is 4.79 Å². The third-order valence-corrected chi connectivity index (χ3v) is 3.13. The first-order valence-corrected chi connectivity index (χ1v) is 7.19. The molecule has 0 saturated heterocycles. The van der Waals surface area contributed by atoms with Gasteiger partial charge in [0.2, 0.25) is 0 Å². The molecule has 0 heterocycles. The van der Waals surface area contributed by atoms with Crippen LogP contribution in [0.3, 0.4) is 0 Å². The van der Waals surface area contributed by atoms with Gasteiger partial charge in [-0.2, -0.15) is 11.8 Å². The summed E-state index contributed by atoms with van der Waals surface area (Å²) in [5.41, 5.74) is 0. The van der Waals surface area contributed by atoms with E-state index in [4.69, 9.17) is 5.11 Å². The van der Waals surface area contributed by atoms with Gasteiger partial charge in [-0.1, -0.05) is 6.92 Å². The summed E-state index contributed by atoms with van der Waals surface area (Å²) < 4.78 is 4.38. The number of rotatable bonds is 8. The maximum Gasteiger partial charge on any atom is 0.326 e. The van der Waals surface area contributed by atoms with Crippen LogP contribution in [0.2, 0.25) is 0 Å². The monoisotopic (exact) mass is 292 g/mol. The van der Waals surface area contributed by atoms with Crippen molar-refractivity contribution in [3.05, 3.63) is 0 Å². The Hall–Kier alpha value is -1.44. The van der Waals surface area contributed by atoms with Crippen molar-refractivity contribution in [2.75, 3.05) is 19.1 Å². The molecule has 0 aromatic rings. The molecule has 7 nitrogen and oxygen atoms in total. The van der Waals surface area contributed by atoms with E-state index in [0.29, 0.717) is 0 Å². The van der Waals surface area contributed by atoms with Crippen LogP contribution in [0, 0.1) is 0 Å². The molecule has 0 bridgehead atoms. The van der Waals surface area contributed by atoms with Crippen LogP contribution in [-0.4, -0.2) is 54.3 Å². The predicted octanol–water partition coefficient (Wildman–Crippen LogP) is 0.444. The topological polar surface area (TPSA) is 105 Å². The fraction of sp³-hybridized carbons (Fsp3) is 0.727. The summed E-state index contributed by atoms with van der Waals surface area (Å²) in [6.07, 6.45) is 2.25. The Morgan fingerprint density at radius 1 is 1.32 bits per heavy atom. The number of methoxy groups -OCH3 is 1. The zero-order chi connectivity index (χ0) is 14.8. The van der Waals surface area contributed by atoms with Gasteiger partial charge in [0.05, 0.1) is 13.5 Å². The lowest BCUT2D eigenvalue weighted by molar-refractivity contribution is -0.147. The molecule has 19 heavy (non-hydrogen) atoms. The van der Waals surface area contributed by atoms with Crippen molar-refractivity contribution in [1.82, 2.24) is 10.6 Å². The van der Waals surface area contributed by atoms with E-state index in [1.807, 2.05) is 13.2 Å². The van der Waals surface area contributed by atoms with Gasteiger partial charge in [-0.05, 0) is 12.7 Å². The molecular formula is C11H20N2O5S. The van der Waals surface area contributed by atoms with E-state index < -0.39 is 30.4 Å². The standard InChI is InChI=1S/C11H20N2O5S/c1-4-7(6-19-3)12-11(17)13-8(10(15)16)5-9(14)18-2/h7-8H,4-6H2,1-3H3,(H,15,16)(H2,12,13,17)/t7?,8-/m0/s1. The van der Waals surface area contributed by atoms with E-state index in [-0.39, 0.29) is 6.04 Å². The number of carboxylic acid groups (broad SMARTS) is 1. The summed E-state index contributed by atoms with van der Waals surface area (Å²) in [4.78, 5) is 33.6. The lowest BCUT2D eigenvalue weighted by Crippen LogP contribution is -2.50. The quantitative estimate of drug-likeness (QED) is 0.561. The van der Waals surface area contributed by atoms with Gasteiger partial charge < -0.3 is 20.5 Å². The van der Waals surface area contributed by atoms with Crippen molar-refractivity contribution < 1.29 is 24.2 Å². The molecule has 0 aliphatic heterocycles. The number of aliphatic carboxylic acids is 1. The van der Waals surface area contributed by atoms with Crippen molar-refractivity contribution in [3.8, 4) is 0 Å². The number of ether oxygens (including phenoxy) is 1. The first kappa shape index (κ1) is 17.6. The minimum absolute atomic E-state index is 0.0393. The van der Waals surface area contributed by atoms with Gasteiger partial charge in [0.15, 0.2) is 0 Å². The van der Waals surface area contributed by atoms with Crippen LogP contribution < -0.4 is 10.6 Å². The molecule has 3 N–H and O–H groups in total. The van der Waals surface area contributed by atoms with Gasteiger partial charge in [-0.25, -0.2) is 9.59 Å². The van der Waals surface area contributed by atoms with Gasteiger partial charge in [-0.15, -0.1) is 0 Å². The van der Waals surface area contributed by atoms with Gasteiger partial charge in [0.1, 0.15) is 6.04 Å². The van der Waals surface area contributed by atoms with Gasteiger partial charge in [0.25, 0.3) is 0 Å². The lowest BCUT2D eigenvalue weighted by Gasteiger charge is -2.19. The van der Waals surface area contributed by atoms with Gasteiger partial charge >= 0.3 is 18.0 Å². The zero-order valence-electron chi connectivity index (χ0n) is 11.3. The molecule has 0 aromatic carbocycles. The highest BCUT2D eigenvalue weighted by atomic mass is 32.2. The molecule has 0 aliphatic carbocycles. The average Bonchev–Trinajstić information content (AvgIpc) is 2.36. The Morgan fingerprint density at radius 2 is 1.95 bits per heavy atom. The molecule has 0 saturated carbocycles. The third kappa shape index (κ3) is 7.55. The van der Waals surface area contributed by atoms with E-state index in [9.17, 15) is 14.4 Å². The molecule has 0 rings (SSSR count). The Balaban J connectivity index is 4.38. The Labute approximate surface area is 116 Å². The van der Waals surface area contributed by atoms with Crippen LogP contribution in [0.25, 0.3) is 0 Å². The summed E-state index contributed by atoms with van der Waals surface area (Å²) in [7, 11) is 1.16. The third-order valence-electron chi connectivity index (χ3n) is 2.40. The summed E-state index contributed by atoms with van der Waals surface area (Å²) in [5, 5.41) is 13.8. The number of nitrogens with one attached hydrogen (secondary N) is 2. The van der Waals surface area contributed by atoms with Crippen LogP contribution in [-0.2, 0) is 14.3 Å². The van der Waals surface area contributed by atoms with Crippen LogP contribution in [0.5, 0.6) is 0 Å². The van der Waals surface area contributed by atoms with Crippen LogP contribution >= 0.6 is 11.8 Å². The van der Waals surface area contributed by atoms with Crippen LogP contribution in [0.1, 0.15) is 19.8 Å².